The lowest BCUT2D eigenvalue weighted by Gasteiger charge is -2.24. The number of likely N-dealkylation sites (tertiary alicyclic amines) is 1. The molecule has 144 valence electrons. The minimum atomic E-state index is -0.0857. The van der Waals surface area contributed by atoms with Crippen LogP contribution in [-0.4, -0.2) is 43.4 Å². The first kappa shape index (κ1) is 17.9. The molecule has 3 heterocycles. The Morgan fingerprint density at radius 2 is 2.07 bits per heavy atom. The minimum absolute atomic E-state index is 0.0167. The van der Waals surface area contributed by atoms with Gasteiger partial charge >= 0.3 is 0 Å². The van der Waals surface area contributed by atoms with Crippen LogP contribution in [0.4, 0.5) is 0 Å². The molecular formula is C20H27N5O2. The molecule has 0 radical (unpaired) electrons. The monoisotopic (exact) mass is 369 g/mol. The number of aromatic nitrogens is 4. The van der Waals surface area contributed by atoms with Gasteiger partial charge in [0.1, 0.15) is 5.69 Å². The Bertz CT molecular complexity index is 921. The van der Waals surface area contributed by atoms with Crippen LogP contribution in [0.15, 0.2) is 16.9 Å². The number of aromatic amines is 1. The van der Waals surface area contributed by atoms with Crippen molar-refractivity contribution in [2.45, 2.75) is 70.9 Å². The third-order valence-corrected chi connectivity index (χ3v) is 5.65. The van der Waals surface area contributed by atoms with Crippen molar-refractivity contribution in [2.24, 2.45) is 0 Å². The van der Waals surface area contributed by atoms with Gasteiger partial charge in [-0.05, 0) is 43.7 Å². The van der Waals surface area contributed by atoms with E-state index in [1.807, 2.05) is 11.0 Å². The van der Waals surface area contributed by atoms with Crippen molar-refractivity contribution in [2.75, 3.05) is 6.54 Å². The second kappa shape index (κ2) is 6.62. The maximum atomic E-state index is 13.0. The number of H-pyrrole nitrogens is 1. The number of hydrogen-bond donors (Lipinski definition) is 1. The molecule has 1 unspecified atom stereocenters. The first-order chi connectivity index (χ1) is 12.8. The standard InChI is InChI=1S/C20H27N5O2/c1-20(2,3)17-11-16(21-22-17)19(27)24-9-5-7-14(24)12-25-18(26)10-13-6-4-8-15(13)23-25/h10-11,14H,4-9,12H2,1-3H3,(H,21,22). The molecule has 0 spiro atoms. The first-order valence-electron chi connectivity index (χ1n) is 9.80. The van der Waals surface area contributed by atoms with Gasteiger partial charge in [0.15, 0.2) is 0 Å². The Hall–Kier alpha value is -2.44. The van der Waals surface area contributed by atoms with E-state index in [-0.39, 0.29) is 22.9 Å². The van der Waals surface area contributed by atoms with E-state index in [0.717, 1.165) is 49.1 Å². The number of amides is 1. The van der Waals surface area contributed by atoms with Crippen molar-refractivity contribution < 1.29 is 4.79 Å². The number of aryl methyl sites for hydroxylation is 2. The van der Waals surface area contributed by atoms with Gasteiger partial charge in [0.25, 0.3) is 11.5 Å². The van der Waals surface area contributed by atoms with Crippen LogP contribution in [0.2, 0.25) is 0 Å². The predicted octanol–water partition coefficient (Wildman–Crippen LogP) is 2.06. The topological polar surface area (TPSA) is 83.9 Å². The fraction of sp³-hybridized carbons (Fsp3) is 0.600. The summed E-state index contributed by atoms with van der Waals surface area (Å²) in [5.74, 6) is -0.0709. The number of nitrogens with zero attached hydrogens (tertiary/aromatic N) is 4. The van der Waals surface area contributed by atoms with E-state index in [1.54, 1.807) is 10.7 Å². The van der Waals surface area contributed by atoms with Crippen LogP contribution in [0.3, 0.4) is 0 Å². The highest BCUT2D eigenvalue weighted by molar-refractivity contribution is 5.92. The lowest BCUT2D eigenvalue weighted by molar-refractivity contribution is 0.0714. The summed E-state index contributed by atoms with van der Waals surface area (Å²) in [4.78, 5) is 27.3. The molecule has 27 heavy (non-hydrogen) atoms. The Labute approximate surface area is 158 Å². The van der Waals surface area contributed by atoms with E-state index in [9.17, 15) is 9.59 Å². The summed E-state index contributed by atoms with van der Waals surface area (Å²) in [6, 6.07) is 3.55. The largest absolute Gasteiger partial charge is 0.332 e. The van der Waals surface area contributed by atoms with Crippen molar-refractivity contribution in [3.8, 4) is 0 Å². The summed E-state index contributed by atoms with van der Waals surface area (Å²) in [6.45, 7) is 7.40. The normalized spacial score (nSPS) is 19.5. The highest BCUT2D eigenvalue weighted by atomic mass is 16.2. The highest BCUT2D eigenvalue weighted by Crippen LogP contribution is 2.24. The van der Waals surface area contributed by atoms with Crippen molar-refractivity contribution in [3.05, 3.63) is 45.1 Å². The fourth-order valence-electron chi connectivity index (χ4n) is 4.03. The molecule has 2 aliphatic rings. The van der Waals surface area contributed by atoms with E-state index < -0.39 is 0 Å². The molecule has 1 atom stereocenters. The Balaban J connectivity index is 1.53. The van der Waals surface area contributed by atoms with Gasteiger partial charge in [-0.3, -0.25) is 14.7 Å². The Morgan fingerprint density at radius 1 is 1.26 bits per heavy atom. The third kappa shape index (κ3) is 3.42. The van der Waals surface area contributed by atoms with E-state index in [4.69, 9.17) is 0 Å². The quantitative estimate of drug-likeness (QED) is 0.898. The molecule has 0 saturated carbocycles. The van der Waals surface area contributed by atoms with Crippen LogP contribution in [-0.2, 0) is 24.8 Å². The average molecular weight is 369 g/mol. The smallest absolute Gasteiger partial charge is 0.274 e. The molecular weight excluding hydrogens is 342 g/mol. The van der Waals surface area contributed by atoms with Crippen molar-refractivity contribution in [1.82, 2.24) is 24.9 Å². The number of nitrogens with one attached hydrogen (secondary N) is 1. The third-order valence-electron chi connectivity index (χ3n) is 5.65. The van der Waals surface area contributed by atoms with Crippen molar-refractivity contribution >= 4 is 5.91 Å². The van der Waals surface area contributed by atoms with Crippen molar-refractivity contribution in [3.63, 3.8) is 0 Å². The van der Waals surface area contributed by atoms with E-state index in [0.29, 0.717) is 18.8 Å². The molecule has 0 aromatic carbocycles. The number of hydrogen-bond acceptors (Lipinski definition) is 4. The van der Waals surface area contributed by atoms with Crippen LogP contribution in [0.1, 0.15) is 67.5 Å². The Morgan fingerprint density at radius 3 is 2.81 bits per heavy atom. The van der Waals surface area contributed by atoms with E-state index >= 15 is 0 Å². The molecule has 7 heteroatoms. The molecule has 1 fully saturated rings. The summed E-state index contributed by atoms with van der Waals surface area (Å²) in [5, 5.41) is 11.8. The molecule has 1 saturated heterocycles. The SMILES string of the molecule is CC(C)(C)c1cc(C(=O)N2CCCC2Cn2nc3c(cc2=O)CCC3)n[nH]1. The zero-order valence-electron chi connectivity index (χ0n) is 16.3. The van der Waals surface area contributed by atoms with Gasteiger partial charge in [-0.15, -0.1) is 0 Å². The summed E-state index contributed by atoms with van der Waals surface area (Å²) < 4.78 is 1.55. The van der Waals surface area contributed by atoms with E-state index in [2.05, 4.69) is 36.1 Å². The molecule has 2 aromatic heterocycles. The molecule has 1 N–H and O–H groups in total. The van der Waals surface area contributed by atoms with Gasteiger partial charge in [0.05, 0.1) is 18.3 Å². The molecule has 7 nitrogen and oxygen atoms in total. The number of carbonyl (C=O) groups is 1. The summed E-state index contributed by atoms with van der Waals surface area (Å²) in [7, 11) is 0. The number of carbonyl (C=O) groups excluding carboxylic acids is 1. The second-order valence-electron chi connectivity index (χ2n) is 8.70. The van der Waals surface area contributed by atoms with Crippen LogP contribution in [0.5, 0.6) is 0 Å². The van der Waals surface area contributed by atoms with Crippen LogP contribution >= 0.6 is 0 Å². The van der Waals surface area contributed by atoms with Gasteiger partial charge in [-0.1, -0.05) is 20.8 Å². The van der Waals surface area contributed by atoms with Gasteiger partial charge in [-0.25, -0.2) is 4.68 Å². The van der Waals surface area contributed by atoms with Gasteiger partial charge in [-0.2, -0.15) is 10.2 Å². The number of fused-ring (bicyclic) bond motifs is 1. The Kier molecular flexibility index (Phi) is 4.40. The van der Waals surface area contributed by atoms with Crippen LogP contribution in [0.25, 0.3) is 0 Å². The van der Waals surface area contributed by atoms with Crippen LogP contribution < -0.4 is 5.56 Å². The fourth-order valence-corrected chi connectivity index (χ4v) is 4.03. The average Bonchev–Trinajstić information content (AvgIpc) is 3.34. The lowest BCUT2D eigenvalue weighted by atomic mass is 9.92. The summed E-state index contributed by atoms with van der Waals surface area (Å²) in [6.07, 6.45) is 4.77. The minimum Gasteiger partial charge on any atom is -0.332 e. The predicted molar refractivity (Wildman–Crippen MR) is 102 cm³/mol. The zero-order valence-corrected chi connectivity index (χ0v) is 16.3. The first-order valence-corrected chi connectivity index (χ1v) is 9.80. The van der Waals surface area contributed by atoms with Gasteiger partial charge < -0.3 is 4.90 Å². The van der Waals surface area contributed by atoms with E-state index in [1.165, 1.54) is 0 Å². The summed E-state index contributed by atoms with van der Waals surface area (Å²) in [5.41, 5.74) is 3.36. The molecule has 1 aliphatic carbocycles. The molecule has 1 aliphatic heterocycles. The maximum absolute atomic E-state index is 13.0. The van der Waals surface area contributed by atoms with Crippen molar-refractivity contribution in [1.29, 1.82) is 0 Å². The maximum Gasteiger partial charge on any atom is 0.274 e. The molecule has 0 bridgehead atoms. The van der Waals surface area contributed by atoms with Gasteiger partial charge in [0.2, 0.25) is 0 Å². The molecule has 1 amide bonds. The van der Waals surface area contributed by atoms with Gasteiger partial charge in [0, 0.05) is 23.7 Å². The number of rotatable bonds is 3. The zero-order chi connectivity index (χ0) is 19.2. The summed E-state index contributed by atoms with van der Waals surface area (Å²) >= 11 is 0. The lowest BCUT2D eigenvalue weighted by Crippen LogP contribution is -2.41. The van der Waals surface area contributed by atoms with Crippen LogP contribution in [0, 0.1) is 0 Å². The highest BCUT2D eigenvalue weighted by Gasteiger charge is 2.32. The molecule has 2 aromatic rings. The molecule has 4 rings (SSSR count). The second-order valence-corrected chi connectivity index (χ2v) is 8.70.